The molecule has 0 fully saturated rings. The second kappa shape index (κ2) is 9.31. The minimum atomic E-state index is -0.712. The fourth-order valence-corrected chi connectivity index (χ4v) is 2.38. The molecule has 0 spiro atoms. The van der Waals surface area contributed by atoms with Crippen molar-refractivity contribution in [3.8, 4) is 11.5 Å². The Morgan fingerprint density at radius 1 is 1.27 bits per heavy atom. The molecule has 1 aromatic heterocycles. The van der Waals surface area contributed by atoms with Crippen molar-refractivity contribution >= 4 is 12.0 Å². The minimum absolute atomic E-state index is 0.148. The number of likely N-dealkylation sites (N-methyl/N-ethyl adjacent to an activating group) is 1. The number of carbonyl (C=O) groups excluding carboxylic acids is 1. The average molecular weight is 355 g/mol. The molecule has 2 rings (SSSR count). The van der Waals surface area contributed by atoms with Gasteiger partial charge in [-0.2, -0.15) is 4.91 Å². The molecule has 0 bridgehead atoms. The Kier molecular flexibility index (Phi) is 6.84. The van der Waals surface area contributed by atoms with E-state index in [1.165, 1.54) is 25.2 Å². The molecule has 1 amide bonds. The molecule has 1 unspecified atom stereocenters. The van der Waals surface area contributed by atoms with Crippen LogP contribution in [0.3, 0.4) is 0 Å². The van der Waals surface area contributed by atoms with Gasteiger partial charge in [-0.3, -0.25) is 9.78 Å². The third-order valence-corrected chi connectivity index (χ3v) is 3.85. The van der Waals surface area contributed by atoms with Gasteiger partial charge in [0.15, 0.2) is 11.5 Å². The highest BCUT2D eigenvalue weighted by Gasteiger charge is 2.19. The summed E-state index contributed by atoms with van der Waals surface area (Å²) in [6, 6.07) is 8.05. The van der Waals surface area contributed by atoms with Crippen molar-refractivity contribution in [3.63, 3.8) is 0 Å². The molecule has 1 aromatic carbocycles. The van der Waals surface area contributed by atoms with E-state index in [1.54, 1.807) is 49.8 Å². The number of carbonyl (C=O) groups is 1. The van der Waals surface area contributed by atoms with Crippen LogP contribution in [0.25, 0.3) is 6.08 Å². The molecule has 2 aromatic rings. The van der Waals surface area contributed by atoms with Crippen LogP contribution in [-0.4, -0.2) is 43.6 Å². The van der Waals surface area contributed by atoms with E-state index < -0.39 is 6.04 Å². The van der Waals surface area contributed by atoms with Crippen LogP contribution in [0.15, 0.2) is 54.0 Å². The number of nitroso groups, excluding NO2 is 1. The molecule has 0 saturated heterocycles. The molecule has 7 heteroatoms. The van der Waals surface area contributed by atoms with Gasteiger partial charge in [-0.05, 0) is 35.4 Å². The van der Waals surface area contributed by atoms with Gasteiger partial charge in [-0.25, -0.2) is 0 Å². The molecule has 0 aliphatic rings. The summed E-state index contributed by atoms with van der Waals surface area (Å²) >= 11 is 0. The summed E-state index contributed by atoms with van der Waals surface area (Å²) in [6.45, 7) is 0.148. The lowest BCUT2D eigenvalue weighted by atomic mass is 10.1. The third kappa shape index (κ3) is 4.89. The van der Waals surface area contributed by atoms with Gasteiger partial charge < -0.3 is 14.4 Å². The monoisotopic (exact) mass is 355 g/mol. The molecule has 7 nitrogen and oxygen atoms in total. The van der Waals surface area contributed by atoms with Crippen LogP contribution in [0.5, 0.6) is 11.5 Å². The first-order valence-corrected chi connectivity index (χ1v) is 7.96. The Morgan fingerprint density at radius 2 is 2.04 bits per heavy atom. The van der Waals surface area contributed by atoms with E-state index in [2.05, 4.69) is 10.2 Å². The highest BCUT2D eigenvalue weighted by molar-refractivity contribution is 5.91. The first kappa shape index (κ1) is 19.1. The van der Waals surface area contributed by atoms with Crippen molar-refractivity contribution in [1.82, 2.24) is 9.88 Å². The number of benzene rings is 1. The zero-order valence-corrected chi connectivity index (χ0v) is 15.0. The van der Waals surface area contributed by atoms with Crippen molar-refractivity contribution in [3.05, 3.63) is 64.8 Å². The van der Waals surface area contributed by atoms with Crippen LogP contribution in [0.2, 0.25) is 0 Å². The van der Waals surface area contributed by atoms with Gasteiger partial charge in [0.2, 0.25) is 5.91 Å². The lowest BCUT2D eigenvalue weighted by molar-refractivity contribution is -0.124. The average Bonchev–Trinajstić information content (AvgIpc) is 2.70. The zero-order valence-electron chi connectivity index (χ0n) is 15.0. The predicted octanol–water partition coefficient (Wildman–Crippen LogP) is 3.08. The van der Waals surface area contributed by atoms with Crippen LogP contribution in [0, 0.1) is 4.91 Å². The summed E-state index contributed by atoms with van der Waals surface area (Å²) in [6.07, 6.45) is 6.43. The standard InChI is InChI=1S/C19H21N3O4/c1-22(19(23)9-6-14-5-4-10-20-12-14)13-16(21-24)15-7-8-17(25-2)18(11-15)26-3/h4-12,16H,13H2,1-3H3. The Labute approximate surface area is 152 Å². The number of ether oxygens (including phenoxy) is 2. The SMILES string of the molecule is COc1ccc(C(CN(C)C(=O)C=Cc2cccnc2)N=O)cc1OC. The fraction of sp³-hybridized carbons (Fsp3) is 0.263. The van der Waals surface area contributed by atoms with Gasteiger partial charge in [0.05, 0.1) is 20.8 Å². The Bertz CT molecular complexity index is 778. The maximum absolute atomic E-state index is 12.3. The Morgan fingerprint density at radius 3 is 2.65 bits per heavy atom. The number of pyridine rings is 1. The first-order valence-electron chi connectivity index (χ1n) is 7.96. The van der Waals surface area contributed by atoms with Crippen molar-refractivity contribution in [1.29, 1.82) is 0 Å². The van der Waals surface area contributed by atoms with Gasteiger partial charge in [-0.1, -0.05) is 17.3 Å². The smallest absolute Gasteiger partial charge is 0.246 e. The van der Waals surface area contributed by atoms with Gasteiger partial charge >= 0.3 is 0 Å². The maximum Gasteiger partial charge on any atom is 0.246 e. The van der Waals surface area contributed by atoms with Crippen molar-refractivity contribution in [2.45, 2.75) is 6.04 Å². The number of nitrogens with zero attached hydrogens (tertiary/aromatic N) is 3. The summed E-state index contributed by atoms with van der Waals surface area (Å²) < 4.78 is 10.4. The lowest BCUT2D eigenvalue weighted by Crippen LogP contribution is -2.29. The van der Waals surface area contributed by atoms with E-state index in [-0.39, 0.29) is 12.5 Å². The number of aromatic nitrogens is 1. The van der Waals surface area contributed by atoms with Crippen LogP contribution >= 0.6 is 0 Å². The zero-order chi connectivity index (χ0) is 18.9. The Balaban J connectivity index is 2.08. The highest BCUT2D eigenvalue weighted by Crippen LogP contribution is 2.31. The van der Waals surface area contributed by atoms with Gasteiger partial charge in [0, 0.05) is 25.5 Å². The summed E-state index contributed by atoms with van der Waals surface area (Å²) in [5.74, 6) is 0.830. The minimum Gasteiger partial charge on any atom is -0.493 e. The van der Waals surface area contributed by atoms with E-state index in [0.717, 1.165) is 5.56 Å². The summed E-state index contributed by atoms with van der Waals surface area (Å²) in [5, 5.41) is 3.16. The quantitative estimate of drug-likeness (QED) is 0.537. The molecule has 0 radical (unpaired) electrons. The highest BCUT2D eigenvalue weighted by atomic mass is 16.5. The van der Waals surface area contributed by atoms with Crippen molar-refractivity contribution < 1.29 is 14.3 Å². The normalized spacial score (nSPS) is 11.8. The largest absolute Gasteiger partial charge is 0.493 e. The molecule has 0 aliphatic heterocycles. The number of amides is 1. The maximum atomic E-state index is 12.3. The van der Waals surface area contributed by atoms with E-state index in [4.69, 9.17) is 9.47 Å². The molecular weight excluding hydrogens is 334 g/mol. The second-order valence-electron chi connectivity index (χ2n) is 5.57. The molecule has 26 heavy (non-hydrogen) atoms. The van der Waals surface area contributed by atoms with E-state index >= 15 is 0 Å². The number of methoxy groups -OCH3 is 2. The summed E-state index contributed by atoms with van der Waals surface area (Å²) in [4.78, 5) is 29.0. The molecule has 0 N–H and O–H groups in total. The molecule has 1 atom stereocenters. The number of rotatable bonds is 8. The predicted molar refractivity (Wildman–Crippen MR) is 99.0 cm³/mol. The Hall–Kier alpha value is -3.22. The van der Waals surface area contributed by atoms with Crippen LogP contribution in [0.1, 0.15) is 17.2 Å². The van der Waals surface area contributed by atoms with E-state index in [9.17, 15) is 9.70 Å². The number of hydrogen-bond acceptors (Lipinski definition) is 6. The molecule has 0 aliphatic carbocycles. The lowest BCUT2D eigenvalue weighted by Gasteiger charge is -2.19. The van der Waals surface area contributed by atoms with Crippen molar-refractivity contribution in [2.24, 2.45) is 5.18 Å². The van der Waals surface area contributed by atoms with Crippen molar-refractivity contribution in [2.75, 3.05) is 27.8 Å². The van der Waals surface area contributed by atoms with E-state index in [0.29, 0.717) is 17.1 Å². The van der Waals surface area contributed by atoms with Gasteiger partial charge in [0.25, 0.3) is 0 Å². The second-order valence-corrected chi connectivity index (χ2v) is 5.57. The molecule has 136 valence electrons. The van der Waals surface area contributed by atoms with Gasteiger partial charge in [0.1, 0.15) is 6.04 Å². The van der Waals surface area contributed by atoms with Crippen LogP contribution < -0.4 is 9.47 Å². The molecule has 0 saturated carbocycles. The van der Waals surface area contributed by atoms with Gasteiger partial charge in [-0.15, -0.1) is 0 Å². The van der Waals surface area contributed by atoms with Crippen LogP contribution in [-0.2, 0) is 4.79 Å². The van der Waals surface area contributed by atoms with Crippen LogP contribution in [0.4, 0.5) is 0 Å². The molecule has 1 heterocycles. The first-order chi connectivity index (χ1) is 12.6. The molecular formula is C19H21N3O4. The topological polar surface area (TPSA) is 81.1 Å². The summed E-state index contributed by atoms with van der Waals surface area (Å²) in [5.41, 5.74) is 1.47. The fourth-order valence-electron chi connectivity index (χ4n) is 2.38. The summed E-state index contributed by atoms with van der Waals surface area (Å²) in [7, 11) is 4.67. The number of hydrogen-bond donors (Lipinski definition) is 0. The third-order valence-electron chi connectivity index (χ3n) is 3.85. The van der Waals surface area contributed by atoms with E-state index in [1.807, 2.05) is 6.07 Å².